The smallest absolute Gasteiger partial charge is 0.401 e. The molecule has 1 amide bonds. The van der Waals surface area contributed by atoms with Crippen molar-refractivity contribution in [3.63, 3.8) is 0 Å². The molecule has 2 aromatic carbocycles. The maximum atomic E-state index is 14.7. The molecule has 382 valence electrons. The molecule has 20 heteroatoms. The lowest BCUT2D eigenvalue weighted by Crippen LogP contribution is -2.60. The Balaban J connectivity index is 0.905. The highest BCUT2D eigenvalue weighted by molar-refractivity contribution is 7.90. The lowest BCUT2D eigenvalue weighted by Gasteiger charge is -2.58. The molecule has 0 radical (unpaired) electrons. The van der Waals surface area contributed by atoms with E-state index < -0.39 is 45.0 Å². The number of aromatic nitrogens is 3. The van der Waals surface area contributed by atoms with E-state index in [9.17, 15) is 41.1 Å². The Hall–Kier alpha value is -5.54. The molecule has 0 bridgehead atoms. The molecule has 0 unspecified atom stereocenters. The summed E-state index contributed by atoms with van der Waals surface area (Å²) in [5, 5.41) is 26.8. The topological polar surface area (TPSA) is 182 Å². The first-order valence-corrected chi connectivity index (χ1v) is 25.9. The molecule has 71 heavy (non-hydrogen) atoms. The Bertz CT molecular complexity index is 2830. The monoisotopic (exact) mass is 1000 g/mol. The zero-order chi connectivity index (χ0) is 50.5. The number of piperidine rings is 1. The molecule has 3 aromatic heterocycles. The fourth-order valence-corrected chi connectivity index (χ4v) is 12.1. The van der Waals surface area contributed by atoms with E-state index in [1.807, 2.05) is 19.1 Å². The molecule has 5 heterocycles. The van der Waals surface area contributed by atoms with E-state index >= 15 is 0 Å². The number of pyridine rings is 2. The van der Waals surface area contributed by atoms with Crippen molar-refractivity contribution in [1.82, 2.24) is 29.5 Å². The van der Waals surface area contributed by atoms with Crippen LogP contribution in [0.4, 0.5) is 34.8 Å². The number of hydrogen-bond acceptors (Lipinski definition) is 13. The highest BCUT2D eigenvalue weighted by Crippen LogP contribution is 2.53. The standard InChI is InChI=1S/C51H62F4N9O6S/c1-32(2)38-7-5-6-8-39(38)44-30-62(31-51(53,54)55)19-20-64(44)35-24-50(25-35)15-17-63(18-16-50)34-9-10-40(45(21-34)70-36-22-41-42(52)29-59-46(41)57-27-36)48(65)60-71(68,69)37-23-43(61(4)67)47(58-28-37)56-26-33-11-13-49(3,66)14-12-33/h5-10,21-23,27-29,32-33,35,44,66H,11-20,24-26,30-31H2,1-4H3,(H,56,58)(H,57,59)(H,60,65)/q-1/t33?,44-,49?/m0/s1. The van der Waals surface area contributed by atoms with E-state index in [-0.39, 0.29) is 68.9 Å². The second kappa shape index (κ2) is 19.8. The number of sulfonamides is 1. The summed E-state index contributed by atoms with van der Waals surface area (Å²) in [4.78, 5) is 31.1. The number of nitrogens with zero attached hydrogens (tertiary/aromatic N) is 6. The summed E-state index contributed by atoms with van der Waals surface area (Å²) in [6.07, 6.45) is 5.74. The van der Waals surface area contributed by atoms with Crippen molar-refractivity contribution >= 4 is 44.2 Å². The summed E-state index contributed by atoms with van der Waals surface area (Å²) in [5.41, 5.74) is 2.42. The predicted octanol–water partition coefficient (Wildman–Crippen LogP) is 9.09. The third kappa shape index (κ3) is 11.3. The zero-order valence-corrected chi connectivity index (χ0v) is 41.3. The van der Waals surface area contributed by atoms with E-state index in [2.05, 4.69) is 60.8 Å². The average molecular weight is 1010 g/mol. The lowest BCUT2D eigenvalue weighted by atomic mass is 9.59. The Labute approximate surface area is 411 Å². The summed E-state index contributed by atoms with van der Waals surface area (Å²) in [7, 11) is -3.38. The maximum Gasteiger partial charge on any atom is 0.401 e. The van der Waals surface area contributed by atoms with Gasteiger partial charge in [0, 0.05) is 75.5 Å². The number of piperazine rings is 1. The first kappa shape index (κ1) is 50.4. The minimum Gasteiger partial charge on any atom is -0.758 e. The molecule has 9 rings (SSSR count). The van der Waals surface area contributed by atoms with Crippen molar-refractivity contribution < 1.29 is 40.6 Å². The first-order chi connectivity index (χ1) is 33.6. The minimum absolute atomic E-state index is 0.00412. The fraction of sp³-hybridized carbons (Fsp3) is 0.510. The van der Waals surface area contributed by atoms with Crippen LogP contribution in [0.3, 0.4) is 0 Å². The molecule has 4 N–H and O–H groups in total. The van der Waals surface area contributed by atoms with Gasteiger partial charge in [-0.25, -0.2) is 27.5 Å². The summed E-state index contributed by atoms with van der Waals surface area (Å²) in [5.74, 6) is -0.859. The van der Waals surface area contributed by atoms with Crippen LogP contribution in [0, 0.1) is 22.4 Å². The van der Waals surface area contributed by atoms with Crippen LogP contribution in [0.1, 0.15) is 106 Å². The Morgan fingerprint density at radius 3 is 2.45 bits per heavy atom. The van der Waals surface area contributed by atoms with Gasteiger partial charge >= 0.3 is 6.18 Å². The van der Waals surface area contributed by atoms with E-state index in [0.29, 0.717) is 62.9 Å². The van der Waals surface area contributed by atoms with Gasteiger partial charge in [-0.05, 0) is 118 Å². The summed E-state index contributed by atoms with van der Waals surface area (Å²) < 4.78 is 91.6. The average Bonchev–Trinajstić information content (AvgIpc) is 3.68. The van der Waals surface area contributed by atoms with Crippen molar-refractivity contribution in [1.29, 1.82) is 0 Å². The van der Waals surface area contributed by atoms with Crippen LogP contribution in [0.2, 0.25) is 0 Å². The number of benzene rings is 2. The van der Waals surface area contributed by atoms with Gasteiger partial charge in [0.15, 0.2) is 0 Å². The number of carbonyl (C=O) groups is 1. The number of amides is 1. The van der Waals surface area contributed by atoms with Crippen molar-refractivity contribution in [2.75, 3.05) is 68.1 Å². The normalized spacial score (nSPS) is 22.4. The molecule has 2 saturated carbocycles. The van der Waals surface area contributed by atoms with Crippen LogP contribution < -0.4 is 24.7 Å². The zero-order valence-electron chi connectivity index (χ0n) is 40.4. The SMILES string of the molecule is CC(C)c1ccccc1[C@@H]1CN(CC(F)(F)F)CCN1C1CC2(CCN(c3ccc(C(=O)NS(=O)(=O)c4cnc(NCC5CCC(C)(O)CC5)c(N(C)[O-])c4)c(Oc4cnc5[nH]cc(F)c5c4)c3)CC2)C1. The molecular weight excluding hydrogens is 943 g/mol. The van der Waals surface area contributed by atoms with Gasteiger partial charge in [0.1, 0.15) is 33.7 Å². The molecule has 4 fully saturated rings. The van der Waals surface area contributed by atoms with Crippen molar-refractivity contribution in [2.45, 2.75) is 107 Å². The molecule has 15 nitrogen and oxygen atoms in total. The van der Waals surface area contributed by atoms with Crippen LogP contribution >= 0.6 is 0 Å². The van der Waals surface area contributed by atoms with Crippen molar-refractivity contribution in [3.8, 4) is 11.5 Å². The summed E-state index contributed by atoms with van der Waals surface area (Å²) >= 11 is 0. The number of rotatable bonds is 14. The quantitative estimate of drug-likeness (QED) is 0.0611. The van der Waals surface area contributed by atoms with Gasteiger partial charge in [0.25, 0.3) is 15.9 Å². The van der Waals surface area contributed by atoms with Crippen LogP contribution in [0.5, 0.6) is 11.5 Å². The number of aliphatic hydroxyl groups is 1. The van der Waals surface area contributed by atoms with Gasteiger partial charge < -0.3 is 35.3 Å². The fourth-order valence-electron chi connectivity index (χ4n) is 11.2. The highest BCUT2D eigenvalue weighted by atomic mass is 32.2. The minimum atomic E-state index is -4.60. The number of hydrogen-bond donors (Lipinski definition) is 4. The number of anilines is 3. The number of carbonyl (C=O) groups excluding carboxylic acids is 1. The van der Waals surface area contributed by atoms with Crippen LogP contribution in [-0.4, -0.2) is 115 Å². The number of halogens is 4. The third-order valence-corrected chi connectivity index (χ3v) is 16.5. The predicted molar refractivity (Wildman–Crippen MR) is 264 cm³/mol. The van der Waals surface area contributed by atoms with E-state index in [0.717, 1.165) is 61.9 Å². The van der Waals surface area contributed by atoms with Gasteiger partial charge in [0.2, 0.25) is 0 Å². The number of aromatic amines is 1. The first-order valence-electron chi connectivity index (χ1n) is 24.4. The molecule has 1 spiro atoms. The van der Waals surface area contributed by atoms with Gasteiger partial charge in [-0.3, -0.25) is 14.6 Å². The highest BCUT2D eigenvalue weighted by Gasteiger charge is 2.50. The Morgan fingerprint density at radius 2 is 1.75 bits per heavy atom. The number of fused-ring (bicyclic) bond motifs is 1. The number of nitrogens with one attached hydrogen (secondary N) is 3. The van der Waals surface area contributed by atoms with Crippen LogP contribution in [0.15, 0.2) is 78.1 Å². The van der Waals surface area contributed by atoms with Gasteiger partial charge in [-0.1, -0.05) is 38.1 Å². The second-order valence-corrected chi connectivity index (χ2v) is 22.4. The number of ether oxygens (including phenoxy) is 1. The molecular formula is C51H62F4N9O6S-. The Morgan fingerprint density at radius 1 is 1.01 bits per heavy atom. The third-order valence-electron chi connectivity index (χ3n) is 15.2. The molecule has 5 aromatic rings. The van der Waals surface area contributed by atoms with Crippen LogP contribution in [0.25, 0.3) is 11.0 Å². The van der Waals surface area contributed by atoms with Gasteiger partial charge in [-0.2, -0.15) is 13.2 Å². The maximum absolute atomic E-state index is 14.7. The van der Waals surface area contributed by atoms with Gasteiger partial charge in [-0.15, -0.1) is 0 Å². The molecule has 2 aliphatic carbocycles. The van der Waals surface area contributed by atoms with E-state index in [1.165, 1.54) is 36.5 Å². The van der Waals surface area contributed by atoms with Gasteiger partial charge in [0.05, 0.1) is 35.0 Å². The Kier molecular flexibility index (Phi) is 14.1. The largest absolute Gasteiger partial charge is 0.758 e. The molecule has 1 atom stereocenters. The number of H-pyrrole nitrogens is 1. The van der Waals surface area contributed by atoms with E-state index in [1.54, 1.807) is 12.1 Å². The van der Waals surface area contributed by atoms with Crippen molar-refractivity contribution in [2.24, 2.45) is 11.3 Å². The summed E-state index contributed by atoms with van der Waals surface area (Å²) in [6.45, 7) is 8.14. The lowest BCUT2D eigenvalue weighted by molar-refractivity contribution is -0.156. The number of hydroxylamine groups is 1. The van der Waals surface area contributed by atoms with E-state index in [4.69, 9.17) is 4.74 Å². The van der Waals surface area contributed by atoms with Crippen LogP contribution in [-0.2, 0) is 10.0 Å². The molecule has 4 aliphatic rings. The molecule has 2 saturated heterocycles. The van der Waals surface area contributed by atoms with Crippen molar-refractivity contribution in [3.05, 3.63) is 101 Å². The molecule has 2 aliphatic heterocycles. The number of alkyl halides is 3. The second-order valence-electron chi connectivity index (χ2n) is 20.7. The summed E-state index contributed by atoms with van der Waals surface area (Å²) in [6, 6.07) is 15.6.